The Balaban J connectivity index is 1.75. The number of aryl methyl sites for hydroxylation is 1. The lowest BCUT2D eigenvalue weighted by Crippen LogP contribution is -2.33. The minimum Gasteiger partial charge on any atom is -0.316 e. The van der Waals surface area contributed by atoms with Crippen molar-refractivity contribution < 1.29 is 4.79 Å². The van der Waals surface area contributed by atoms with Gasteiger partial charge in [0.15, 0.2) is 0 Å². The zero-order valence-electron chi connectivity index (χ0n) is 14.4. The summed E-state index contributed by atoms with van der Waals surface area (Å²) in [6, 6.07) is 15.9. The van der Waals surface area contributed by atoms with Crippen molar-refractivity contribution in [2.45, 2.75) is 26.7 Å². The zero-order valence-corrected chi connectivity index (χ0v) is 15.1. The van der Waals surface area contributed by atoms with Gasteiger partial charge in [-0.3, -0.25) is 4.79 Å². The number of amides is 1. The summed E-state index contributed by atoms with van der Waals surface area (Å²) in [5.41, 5.74) is 3.34. The number of carbonyl (C=O) groups excluding carboxylic acids is 1. The first-order valence-corrected chi connectivity index (χ1v) is 8.80. The molecule has 0 bridgehead atoms. The molecule has 0 saturated heterocycles. The topological polar surface area (TPSA) is 32.3 Å². The van der Waals surface area contributed by atoms with Crippen LogP contribution < -0.4 is 10.2 Å². The third kappa shape index (κ3) is 5.66. The molecule has 2 aromatic rings. The Morgan fingerprint density at radius 2 is 1.92 bits per heavy atom. The molecule has 0 aliphatic heterocycles. The van der Waals surface area contributed by atoms with Crippen molar-refractivity contribution in [1.29, 1.82) is 0 Å². The van der Waals surface area contributed by atoms with Gasteiger partial charge in [0.05, 0.1) is 0 Å². The predicted octanol–water partition coefficient (Wildman–Crippen LogP) is 4.22. The Hall–Kier alpha value is -1.84. The van der Waals surface area contributed by atoms with Gasteiger partial charge in [0.2, 0.25) is 5.91 Å². The van der Waals surface area contributed by atoms with Crippen molar-refractivity contribution in [1.82, 2.24) is 5.32 Å². The quantitative estimate of drug-likeness (QED) is 0.727. The Kier molecular flexibility index (Phi) is 7.29. The molecular formula is C20H25ClN2O. The average molecular weight is 345 g/mol. The van der Waals surface area contributed by atoms with Crippen LogP contribution in [0, 0.1) is 6.92 Å². The number of anilines is 1. The number of hydrogen-bond acceptors (Lipinski definition) is 2. The van der Waals surface area contributed by atoms with Crippen LogP contribution in [0.25, 0.3) is 0 Å². The zero-order chi connectivity index (χ0) is 17.4. The van der Waals surface area contributed by atoms with Crippen LogP contribution in [0.5, 0.6) is 0 Å². The van der Waals surface area contributed by atoms with Gasteiger partial charge in [-0.05, 0) is 62.2 Å². The van der Waals surface area contributed by atoms with Gasteiger partial charge in [-0.25, -0.2) is 0 Å². The maximum Gasteiger partial charge on any atom is 0.228 e. The van der Waals surface area contributed by atoms with Crippen molar-refractivity contribution in [3.63, 3.8) is 0 Å². The Morgan fingerprint density at radius 3 is 2.62 bits per heavy atom. The number of benzene rings is 2. The lowest BCUT2D eigenvalue weighted by molar-refractivity contribution is -0.118. The van der Waals surface area contributed by atoms with Crippen molar-refractivity contribution >= 4 is 23.2 Å². The lowest BCUT2D eigenvalue weighted by Gasteiger charge is -2.21. The monoisotopic (exact) mass is 344 g/mol. The summed E-state index contributed by atoms with van der Waals surface area (Å²) in [4.78, 5) is 14.3. The largest absolute Gasteiger partial charge is 0.316 e. The number of nitrogens with one attached hydrogen (secondary N) is 1. The molecule has 0 fully saturated rings. The minimum absolute atomic E-state index is 0.151. The van der Waals surface area contributed by atoms with Gasteiger partial charge in [0.25, 0.3) is 0 Å². The summed E-state index contributed by atoms with van der Waals surface area (Å²) >= 11 is 5.98. The minimum atomic E-state index is 0.151. The summed E-state index contributed by atoms with van der Waals surface area (Å²) in [5.74, 6) is 0.151. The van der Waals surface area contributed by atoms with E-state index in [0.29, 0.717) is 19.5 Å². The molecule has 0 radical (unpaired) electrons. The second kappa shape index (κ2) is 9.45. The number of halogens is 1. The second-order valence-electron chi connectivity index (χ2n) is 5.86. The highest BCUT2D eigenvalue weighted by Crippen LogP contribution is 2.16. The van der Waals surface area contributed by atoms with Crippen LogP contribution in [0.15, 0.2) is 48.5 Å². The SMILES string of the molecule is CCN(C(=O)CCNCCc1cccc(Cl)c1)c1cccc(C)c1. The number of hydrogen-bond donors (Lipinski definition) is 1. The highest BCUT2D eigenvalue weighted by atomic mass is 35.5. The molecule has 2 rings (SSSR count). The summed E-state index contributed by atoms with van der Waals surface area (Å²) < 4.78 is 0. The van der Waals surface area contributed by atoms with E-state index in [1.807, 2.05) is 61.2 Å². The van der Waals surface area contributed by atoms with Crippen LogP contribution >= 0.6 is 11.6 Å². The Bertz CT molecular complexity index is 672. The molecule has 3 nitrogen and oxygen atoms in total. The maximum atomic E-state index is 12.4. The molecule has 128 valence electrons. The van der Waals surface area contributed by atoms with Crippen molar-refractivity contribution in [3.05, 3.63) is 64.7 Å². The molecular weight excluding hydrogens is 320 g/mol. The molecule has 0 aromatic heterocycles. The van der Waals surface area contributed by atoms with Crippen LogP contribution in [-0.4, -0.2) is 25.5 Å². The number of carbonyl (C=O) groups is 1. The van der Waals surface area contributed by atoms with Gasteiger partial charge >= 0.3 is 0 Å². The molecule has 0 aliphatic rings. The smallest absolute Gasteiger partial charge is 0.228 e. The van der Waals surface area contributed by atoms with E-state index in [9.17, 15) is 4.79 Å². The molecule has 0 heterocycles. The van der Waals surface area contributed by atoms with E-state index in [0.717, 1.165) is 23.7 Å². The molecule has 0 unspecified atom stereocenters. The van der Waals surface area contributed by atoms with Crippen molar-refractivity contribution in [3.8, 4) is 0 Å². The lowest BCUT2D eigenvalue weighted by atomic mass is 10.1. The molecule has 0 spiro atoms. The van der Waals surface area contributed by atoms with E-state index >= 15 is 0 Å². The van der Waals surface area contributed by atoms with Crippen LogP contribution in [0.3, 0.4) is 0 Å². The molecule has 24 heavy (non-hydrogen) atoms. The van der Waals surface area contributed by atoms with Crippen LogP contribution in [0.2, 0.25) is 5.02 Å². The van der Waals surface area contributed by atoms with Crippen molar-refractivity contribution in [2.24, 2.45) is 0 Å². The van der Waals surface area contributed by atoms with E-state index < -0.39 is 0 Å². The van der Waals surface area contributed by atoms with Crippen LogP contribution in [0.1, 0.15) is 24.5 Å². The first-order valence-electron chi connectivity index (χ1n) is 8.42. The standard InChI is InChI=1S/C20H25ClN2O/c1-3-23(19-9-4-6-16(2)14-19)20(24)11-13-22-12-10-17-7-5-8-18(21)15-17/h4-9,14-15,22H,3,10-13H2,1-2H3. The fourth-order valence-electron chi connectivity index (χ4n) is 2.68. The first-order chi connectivity index (χ1) is 11.6. The van der Waals surface area contributed by atoms with E-state index in [1.165, 1.54) is 11.1 Å². The van der Waals surface area contributed by atoms with Crippen LogP contribution in [-0.2, 0) is 11.2 Å². The average Bonchev–Trinajstić information content (AvgIpc) is 2.55. The second-order valence-corrected chi connectivity index (χ2v) is 6.29. The molecule has 0 atom stereocenters. The number of nitrogens with zero attached hydrogens (tertiary/aromatic N) is 1. The Labute approximate surface area is 149 Å². The van der Waals surface area contributed by atoms with Gasteiger partial charge in [-0.15, -0.1) is 0 Å². The van der Waals surface area contributed by atoms with Gasteiger partial charge in [0.1, 0.15) is 0 Å². The normalized spacial score (nSPS) is 10.6. The molecule has 0 aliphatic carbocycles. The summed E-state index contributed by atoms with van der Waals surface area (Å²) in [7, 11) is 0. The maximum absolute atomic E-state index is 12.4. The van der Waals surface area contributed by atoms with Gasteiger partial charge in [-0.2, -0.15) is 0 Å². The highest BCUT2D eigenvalue weighted by Gasteiger charge is 2.13. The fraction of sp³-hybridized carbons (Fsp3) is 0.350. The molecule has 4 heteroatoms. The van der Waals surface area contributed by atoms with E-state index in [1.54, 1.807) is 0 Å². The molecule has 1 amide bonds. The van der Waals surface area contributed by atoms with Gasteiger partial charge in [0, 0.05) is 30.2 Å². The van der Waals surface area contributed by atoms with Gasteiger partial charge in [-0.1, -0.05) is 35.9 Å². The third-order valence-corrected chi connectivity index (χ3v) is 4.16. The van der Waals surface area contributed by atoms with E-state index in [2.05, 4.69) is 11.4 Å². The first kappa shape index (κ1) is 18.5. The predicted molar refractivity (Wildman–Crippen MR) is 102 cm³/mol. The summed E-state index contributed by atoms with van der Waals surface area (Å²) in [6.45, 7) is 6.25. The molecule has 1 N–H and O–H groups in total. The Morgan fingerprint density at radius 1 is 1.12 bits per heavy atom. The van der Waals surface area contributed by atoms with Crippen LogP contribution in [0.4, 0.5) is 5.69 Å². The fourth-order valence-corrected chi connectivity index (χ4v) is 2.89. The molecule has 2 aromatic carbocycles. The number of rotatable bonds is 8. The summed E-state index contributed by atoms with van der Waals surface area (Å²) in [6.07, 6.45) is 1.40. The van der Waals surface area contributed by atoms with E-state index in [-0.39, 0.29) is 5.91 Å². The van der Waals surface area contributed by atoms with Gasteiger partial charge < -0.3 is 10.2 Å². The highest BCUT2D eigenvalue weighted by molar-refractivity contribution is 6.30. The summed E-state index contributed by atoms with van der Waals surface area (Å²) in [5, 5.41) is 4.10. The van der Waals surface area contributed by atoms with Crippen molar-refractivity contribution in [2.75, 3.05) is 24.5 Å². The third-order valence-electron chi connectivity index (χ3n) is 3.93. The molecule has 0 saturated carbocycles. The van der Waals surface area contributed by atoms with E-state index in [4.69, 9.17) is 11.6 Å².